The maximum atomic E-state index is 10.3. The standard InChI is InChI=1S/2C22H48N.C8H6O4/c2*1-5-9-10-11-12-13-14-15-16-17-18-19-20-21-22-23(6-2,7-3)8-4;9-7(10)5-3-1-2-4-6(5)8(11)12/h2*5-22H2,1-4H3;1-4H,(H,9,10)(H,11,12)/q2*+1;/p-2. The number of nitrogens with zero attached hydrogens (tertiary/aromatic N) is 2. The Balaban J connectivity index is 0. The van der Waals surface area contributed by atoms with Gasteiger partial charge in [0, 0.05) is 11.1 Å². The van der Waals surface area contributed by atoms with E-state index < -0.39 is 11.9 Å². The third-order valence-corrected chi connectivity index (χ3v) is 13.4. The van der Waals surface area contributed by atoms with Crippen LogP contribution in [0.25, 0.3) is 0 Å². The molecular formula is C52H100N2O4. The molecule has 1 aromatic carbocycles. The number of hydrogen-bond donors (Lipinski definition) is 0. The number of carboxylic acids is 2. The molecule has 0 heterocycles. The molecule has 0 amide bonds. The van der Waals surface area contributed by atoms with Gasteiger partial charge in [-0.3, -0.25) is 0 Å². The number of aromatic carboxylic acids is 2. The summed E-state index contributed by atoms with van der Waals surface area (Å²) in [4.78, 5) is 20.6. The number of quaternary nitrogens is 2. The molecule has 6 nitrogen and oxygen atoms in total. The minimum Gasteiger partial charge on any atom is -0.545 e. The van der Waals surface area contributed by atoms with Crippen molar-refractivity contribution in [3.05, 3.63) is 35.4 Å². The van der Waals surface area contributed by atoms with Crippen molar-refractivity contribution in [3.63, 3.8) is 0 Å². The summed E-state index contributed by atoms with van der Waals surface area (Å²) in [6.07, 6.45) is 40.9. The fraction of sp³-hybridized carbons (Fsp3) is 0.846. The molecule has 0 fully saturated rings. The molecule has 6 heteroatoms. The molecule has 0 atom stereocenters. The van der Waals surface area contributed by atoms with E-state index in [0.29, 0.717) is 0 Å². The van der Waals surface area contributed by atoms with E-state index in [1.807, 2.05) is 0 Å². The van der Waals surface area contributed by atoms with Crippen molar-refractivity contribution in [2.45, 2.75) is 235 Å². The van der Waals surface area contributed by atoms with Crippen LogP contribution < -0.4 is 10.2 Å². The van der Waals surface area contributed by atoms with Crippen LogP contribution in [0.4, 0.5) is 0 Å². The summed E-state index contributed by atoms with van der Waals surface area (Å²) in [5, 5.41) is 20.6. The second-order valence-corrected chi connectivity index (χ2v) is 17.3. The van der Waals surface area contributed by atoms with Crippen molar-refractivity contribution in [2.75, 3.05) is 52.4 Å². The Bertz CT molecular complexity index is 938. The maximum absolute atomic E-state index is 10.3. The molecule has 0 unspecified atom stereocenters. The molecule has 0 radical (unpaired) electrons. The zero-order valence-electron chi connectivity index (χ0n) is 40.3. The minimum absolute atomic E-state index is 0.363. The highest BCUT2D eigenvalue weighted by Gasteiger charge is 2.20. The Hall–Kier alpha value is -1.92. The number of carbonyl (C=O) groups excluding carboxylic acids is 2. The van der Waals surface area contributed by atoms with Gasteiger partial charge in [-0.25, -0.2) is 0 Å². The van der Waals surface area contributed by atoms with E-state index in [1.165, 1.54) is 253 Å². The third kappa shape index (κ3) is 31.9. The van der Waals surface area contributed by atoms with Crippen LogP contribution in [0, 0.1) is 0 Å². The lowest BCUT2D eigenvalue weighted by atomic mass is 10.0. The monoisotopic (exact) mass is 817 g/mol. The quantitative estimate of drug-likeness (QED) is 0.0492. The zero-order valence-corrected chi connectivity index (χ0v) is 40.3. The van der Waals surface area contributed by atoms with Crippen molar-refractivity contribution in [2.24, 2.45) is 0 Å². The highest BCUT2D eigenvalue weighted by atomic mass is 16.4. The third-order valence-electron chi connectivity index (χ3n) is 13.4. The van der Waals surface area contributed by atoms with Gasteiger partial charge in [0.05, 0.1) is 64.3 Å². The Labute approximate surface area is 362 Å². The first-order valence-corrected chi connectivity index (χ1v) is 25.3. The second kappa shape index (κ2) is 41.8. The Morgan fingerprint density at radius 2 is 0.534 bits per heavy atom. The normalized spacial score (nSPS) is 11.4. The Kier molecular flexibility index (Phi) is 41.9. The molecule has 0 aliphatic heterocycles. The van der Waals surface area contributed by atoms with Gasteiger partial charge in [-0.2, -0.15) is 0 Å². The van der Waals surface area contributed by atoms with Gasteiger partial charge >= 0.3 is 0 Å². The molecule has 0 bridgehead atoms. The average Bonchev–Trinajstić information content (AvgIpc) is 3.24. The first kappa shape index (κ1) is 58.2. The van der Waals surface area contributed by atoms with Gasteiger partial charge < -0.3 is 28.8 Å². The highest BCUT2D eigenvalue weighted by molar-refractivity contribution is 5.99. The van der Waals surface area contributed by atoms with Crippen LogP contribution in [-0.2, 0) is 0 Å². The first-order valence-electron chi connectivity index (χ1n) is 25.3. The molecule has 1 aromatic rings. The summed E-state index contributed by atoms with van der Waals surface area (Å²) in [6, 6.07) is 5.14. The van der Waals surface area contributed by atoms with Crippen LogP contribution in [0.15, 0.2) is 24.3 Å². The van der Waals surface area contributed by atoms with Gasteiger partial charge in [-0.15, -0.1) is 0 Å². The topological polar surface area (TPSA) is 80.3 Å². The number of carboxylic acid groups (broad SMARTS) is 2. The molecule has 0 N–H and O–H groups in total. The Morgan fingerprint density at radius 3 is 0.707 bits per heavy atom. The fourth-order valence-corrected chi connectivity index (χ4v) is 8.41. The number of rotatable bonds is 38. The van der Waals surface area contributed by atoms with Crippen LogP contribution >= 0.6 is 0 Å². The largest absolute Gasteiger partial charge is 0.545 e. The van der Waals surface area contributed by atoms with Gasteiger partial charge in [0.1, 0.15) is 0 Å². The number of unbranched alkanes of at least 4 members (excludes halogenated alkanes) is 26. The molecule has 0 spiro atoms. The van der Waals surface area contributed by atoms with E-state index in [-0.39, 0.29) is 11.1 Å². The van der Waals surface area contributed by atoms with Gasteiger partial charge in [-0.05, 0) is 67.2 Å². The van der Waals surface area contributed by atoms with E-state index in [2.05, 4.69) is 55.4 Å². The lowest BCUT2D eigenvalue weighted by Gasteiger charge is -2.35. The lowest BCUT2D eigenvalue weighted by Crippen LogP contribution is -2.48. The van der Waals surface area contributed by atoms with E-state index in [4.69, 9.17) is 0 Å². The van der Waals surface area contributed by atoms with Crippen LogP contribution in [0.5, 0.6) is 0 Å². The average molecular weight is 817 g/mol. The summed E-state index contributed by atoms with van der Waals surface area (Å²) < 4.78 is 2.66. The van der Waals surface area contributed by atoms with Crippen molar-refractivity contribution in [1.82, 2.24) is 0 Å². The number of hydrogen-bond acceptors (Lipinski definition) is 4. The predicted octanol–water partition coefficient (Wildman–Crippen LogP) is 13.1. The molecule has 0 aliphatic rings. The summed E-state index contributed by atoms with van der Waals surface area (Å²) in [7, 11) is 0. The molecule has 58 heavy (non-hydrogen) atoms. The first-order chi connectivity index (χ1) is 28.1. The number of carbonyl (C=O) groups is 2. The SMILES string of the molecule is CCCCCCCCCCCCCCCC[N+](CC)(CC)CC.CCCCCCCCCCCCCCCC[N+](CC)(CC)CC.O=C([O-])c1ccccc1C(=O)[O-]. The van der Waals surface area contributed by atoms with Crippen molar-refractivity contribution in [1.29, 1.82) is 0 Å². The van der Waals surface area contributed by atoms with E-state index in [9.17, 15) is 19.8 Å². The summed E-state index contributed by atoms with van der Waals surface area (Å²) >= 11 is 0. The van der Waals surface area contributed by atoms with Crippen LogP contribution in [-0.4, -0.2) is 73.3 Å². The molecular weight excluding hydrogens is 717 g/mol. The summed E-state index contributed by atoms with van der Waals surface area (Å²) in [6.45, 7) is 29.4. The molecule has 0 aliphatic carbocycles. The van der Waals surface area contributed by atoms with E-state index in [1.54, 1.807) is 0 Å². The molecule has 0 saturated carbocycles. The zero-order chi connectivity index (χ0) is 43.6. The van der Waals surface area contributed by atoms with Gasteiger partial charge in [0.2, 0.25) is 0 Å². The molecule has 1 rings (SSSR count). The second-order valence-electron chi connectivity index (χ2n) is 17.3. The highest BCUT2D eigenvalue weighted by Crippen LogP contribution is 2.16. The molecule has 342 valence electrons. The van der Waals surface area contributed by atoms with E-state index in [0.717, 1.165) is 12.1 Å². The predicted molar refractivity (Wildman–Crippen MR) is 249 cm³/mol. The van der Waals surface area contributed by atoms with Crippen LogP contribution in [0.2, 0.25) is 0 Å². The fourth-order valence-electron chi connectivity index (χ4n) is 8.41. The van der Waals surface area contributed by atoms with Crippen molar-refractivity contribution >= 4 is 11.9 Å². The lowest BCUT2D eigenvalue weighted by molar-refractivity contribution is -0.923. The van der Waals surface area contributed by atoms with E-state index >= 15 is 0 Å². The smallest absolute Gasteiger partial charge is 0.0786 e. The number of benzene rings is 1. The van der Waals surface area contributed by atoms with Crippen molar-refractivity contribution in [3.8, 4) is 0 Å². The maximum Gasteiger partial charge on any atom is 0.0786 e. The van der Waals surface area contributed by atoms with Crippen LogP contribution in [0.1, 0.15) is 256 Å². The van der Waals surface area contributed by atoms with Gasteiger partial charge in [-0.1, -0.05) is 192 Å². The molecule has 0 saturated heterocycles. The summed E-state index contributed by atoms with van der Waals surface area (Å²) in [5.41, 5.74) is -0.727. The van der Waals surface area contributed by atoms with Crippen LogP contribution in [0.3, 0.4) is 0 Å². The summed E-state index contributed by atoms with van der Waals surface area (Å²) in [5.74, 6) is -3.04. The van der Waals surface area contributed by atoms with Gasteiger partial charge in [0.25, 0.3) is 0 Å². The Morgan fingerprint density at radius 1 is 0.345 bits per heavy atom. The van der Waals surface area contributed by atoms with Crippen molar-refractivity contribution < 1.29 is 28.8 Å². The minimum atomic E-state index is -1.52. The van der Waals surface area contributed by atoms with Gasteiger partial charge in [0.15, 0.2) is 0 Å². The molecule has 0 aromatic heterocycles.